The number of rotatable bonds is 8. The molecule has 2 N–H and O–H groups in total. The maximum Gasteiger partial charge on any atom is 0.227 e. The van der Waals surface area contributed by atoms with Crippen LogP contribution < -0.4 is 20.1 Å². The fraction of sp³-hybridized carbons (Fsp3) is 0.391. The minimum absolute atomic E-state index is 0.0855. The van der Waals surface area contributed by atoms with E-state index in [1.165, 1.54) is 0 Å². The number of hydrogen-bond donors (Lipinski definition) is 2. The van der Waals surface area contributed by atoms with Gasteiger partial charge in [0.25, 0.3) is 0 Å². The first-order valence-corrected chi connectivity index (χ1v) is 9.96. The van der Waals surface area contributed by atoms with Crippen LogP contribution in [0.4, 0.5) is 5.69 Å². The number of nitrogens with one attached hydrogen (secondary N) is 2. The molecule has 0 saturated heterocycles. The zero-order chi connectivity index (χ0) is 20.6. The van der Waals surface area contributed by atoms with Crippen molar-refractivity contribution in [3.8, 4) is 11.5 Å². The number of hydrogen-bond acceptors (Lipinski definition) is 4. The van der Waals surface area contributed by atoms with Crippen molar-refractivity contribution in [1.82, 2.24) is 5.32 Å². The molecule has 0 radical (unpaired) electrons. The van der Waals surface area contributed by atoms with Crippen molar-refractivity contribution in [2.45, 2.75) is 38.6 Å². The molecule has 2 aromatic carbocycles. The van der Waals surface area contributed by atoms with E-state index in [1.54, 1.807) is 26.4 Å². The molecule has 0 heterocycles. The van der Waals surface area contributed by atoms with E-state index in [-0.39, 0.29) is 24.2 Å². The molecule has 3 rings (SSSR count). The third-order valence-electron chi connectivity index (χ3n) is 5.22. The van der Waals surface area contributed by atoms with E-state index in [2.05, 4.69) is 10.6 Å². The van der Waals surface area contributed by atoms with Gasteiger partial charge in [-0.3, -0.25) is 9.59 Å². The minimum atomic E-state index is -0.0855. The van der Waals surface area contributed by atoms with Gasteiger partial charge in [0.15, 0.2) is 11.5 Å². The van der Waals surface area contributed by atoms with Crippen LogP contribution in [0.2, 0.25) is 0 Å². The molecule has 2 aromatic rings. The molecular formula is C23H28N2O4. The summed E-state index contributed by atoms with van der Waals surface area (Å²) in [6, 6.07) is 13.0. The van der Waals surface area contributed by atoms with Gasteiger partial charge in [0.1, 0.15) is 0 Å². The Kier molecular flexibility index (Phi) is 7.11. The predicted molar refractivity (Wildman–Crippen MR) is 112 cm³/mol. The Labute approximate surface area is 171 Å². The summed E-state index contributed by atoms with van der Waals surface area (Å²) in [4.78, 5) is 24.6. The lowest BCUT2D eigenvalue weighted by Crippen LogP contribution is -2.24. The van der Waals surface area contributed by atoms with Crippen LogP contribution in [0.1, 0.15) is 36.8 Å². The van der Waals surface area contributed by atoms with Gasteiger partial charge in [0, 0.05) is 18.2 Å². The van der Waals surface area contributed by atoms with Gasteiger partial charge < -0.3 is 20.1 Å². The van der Waals surface area contributed by atoms with Gasteiger partial charge in [-0.25, -0.2) is 0 Å². The average Bonchev–Trinajstić information content (AvgIpc) is 3.27. The highest BCUT2D eigenvalue weighted by atomic mass is 16.5. The molecule has 6 nitrogen and oxygen atoms in total. The number of ether oxygens (including phenoxy) is 2. The first-order chi connectivity index (χ1) is 14.1. The molecule has 1 saturated carbocycles. The van der Waals surface area contributed by atoms with E-state index in [1.807, 2.05) is 30.3 Å². The number of carbonyl (C=O) groups excluding carboxylic acids is 2. The second kappa shape index (κ2) is 9.96. The second-order valence-electron chi connectivity index (χ2n) is 7.31. The Morgan fingerprint density at radius 1 is 0.966 bits per heavy atom. The second-order valence-corrected chi connectivity index (χ2v) is 7.31. The summed E-state index contributed by atoms with van der Waals surface area (Å²) in [7, 11) is 3.15. The molecule has 154 valence electrons. The molecule has 0 bridgehead atoms. The molecule has 0 aromatic heterocycles. The molecule has 2 amide bonds. The number of benzene rings is 2. The summed E-state index contributed by atoms with van der Waals surface area (Å²) in [6.45, 7) is 0.402. The maximum absolute atomic E-state index is 12.3. The third-order valence-corrected chi connectivity index (χ3v) is 5.22. The van der Waals surface area contributed by atoms with Crippen LogP contribution in [0.15, 0.2) is 42.5 Å². The molecule has 0 spiro atoms. The Hall–Kier alpha value is -3.02. The highest BCUT2D eigenvalue weighted by Gasteiger charge is 2.22. The van der Waals surface area contributed by atoms with Crippen LogP contribution in [0.3, 0.4) is 0 Å². The van der Waals surface area contributed by atoms with Crippen LogP contribution >= 0.6 is 0 Å². The molecule has 1 aliphatic rings. The van der Waals surface area contributed by atoms with Crippen molar-refractivity contribution < 1.29 is 19.1 Å². The van der Waals surface area contributed by atoms with Crippen LogP contribution in [0.5, 0.6) is 11.5 Å². The summed E-state index contributed by atoms with van der Waals surface area (Å²) in [5, 5.41) is 5.92. The lowest BCUT2D eigenvalue weighted by molar-refractivity contribution is -0.121. The molecule has 0 aliphatic heterocycles. The fourth-order valence-electron chi connectivity index (χ4n) is 3.63. The highest BCUT2D eigenvalue weighted by molar-refractivity contribution is 5.92. The Balaban J connectivity index is 1.53. The number of methoxy groups -OCH3 is 2. The summed E-state index contributed by atoms with van der Waals surface area (Å²) < 4.78 is 10.5. The maximum atomic E-state index is 12.3. The van der Waals surface area contributed by atoms with Gasteiger partial charge in [0.2, 0.25) is 11.8 Å². The van der Waals surface area contributed by atoms with Crippen molar-refractivity contribution in [2.75, 3.05) is 19.5 Å². The van der Waals surface area contributed by atoms with E-state index in [0.29, 0.717) is 18.0 Å². The van der Waals surface area contributed by atoms with Crippen molar-refractivity contribution in [3.05, 3.63) is 53.6 Å². The lowest BCUT2D eigenvalue weighted by Gasteiger charge is -2.12. The normalized spacial score (nSPS) is 13.7. The third kappa shape index (κ3) is 5.73. The van der Waals surface area contributed by atoms with Crippen molar-refractivity contribution in [1.29, 1.82) is 0 Å². The molecule has 1 fully saturated rings. The zero-order valence-electron chi connectivity index (χ0n) is 17.0. The smallest absolute Gasteiger partial charge is 0.227 e. The largest absolute Gasteiger partial charge is 0.493 e. The molecule has 29 heavy (non-hydrogen) atoms. The number of amides is 2. The summed E-state index contributed by atoms with van der Waals surface area (Å²) >= 11 is 0. The fourth-order valence-corrected chi connectivity index (χ4v) is 3.63. The van der Waals surface area contributed by atoms with Crippen LogP contribution in [0.25, 0.3) is 0 Å². The van der Waals surface area contributed by atoms with Gasteiger partial charge >= 0.3 is 0 Å². The van der Waals surface area contributed by atoms with E-state index in [4.69, 9.17) is 9.47 Å². The van der Waals surface area contributed by atoms with Gasteiger partial charge in [-0.15, -0.1) is 0 Å². The topological polar surface area (TPSA) is 76.7 Å². The zero-order valence-corrected chi connectivity index (χ0v) is 17.0. The van der Waals surface area contributed by atoms with E-state index >= 15 is 0 Å². The standard InChI is InChI=1S/C23H28N2O4/c1-28-20-11-10-16(13-21(20)29-2)14-22(26)24-15-17-6-5-9-19(12-17)25-23(27)18-7-3-4-8-18/h5-6,9-13,18H,3-4,7-8,14-15H2,1-2H3,(H,24,26)(H,25,27). The van der Waals surface area contributed by atoms with Crippen molar-refractivity contribution in [3.63, 3.8) is 0 Å². The molecular weight excluding hydrogens is 368 g/mol. The predicted octanol–water partition coefficient (Wildman–Crippen LogP) is 3.69. The molecule has 0 unspecified atom stereocenters. The first-order valence-electron chi connectivity index (χ1n) is 9.96. The van der Waals surface area contributed by atoms with Gasteiger partial charge in [0.05, 0.1) is 20.6 Å². The van der Waals surface area contributed by atoms with Gasteiger partial charge in [-0.05, 0) is 48.2 Å². The first kappa shape index (κ1) is 20.7. The lowest BCUT2D eigenvalue weighted by atomic mass is 10.1. The minimum Gasteiger partial charge on any atom is -0.493 e. The quantitative estimate of drug-likeness (QED) is 0.713. The Morgan fingerprint density at radius 2 is 1.72 bits per heavy atom. The van der Waals surface area contributed by atoms with Crippen LogP contribution in [0, 0.1) is 5.92 Å². The van der Waals surface area contributed by atoms with E-state index in [9.17, 15) is 9.59 Å². The van der Waals surface area contributed by atoms with Gasteiger partial charge in [-0.2, -0.15) is 0 Å². The van der Waals surface area contributed by atoms with Crippen molar-refractivity contribution >= 4 is 17.5 Å². The highest BCUT2D eigenvalue weighted by Crippen LogP contribution is 2.28. The number of anilines is 1. The monoisotopic (exact) mass is 396 g/mol. The summed E-state index contributed by atoms with van der Waals surface area (Å²) in [6.07, 6.45) is 4.45. The summed E-state index contributed by atoms with van der Waals surface area (Å²) in [5.74, 6) is 1.37. The molecule has 0 atom stereocenters. The Bertz CT molecular complexity index is 860. The Morgan fingerprint density at radius 3 is 2.45 bits per heavy atom. The van der Waals surface area contributed by atoms with Crippen molar-refractivity contribution in [2.24, 2.45) is 5.92 Å². The number of carbonyl (C=O) groups is 2. The van der Waals surface area contributed by atoms with E-state index in [0.717, 1.165) is 42.5 Å². The SMILES string of the molecule is COc1ccc(CC(=O)NCc2cccc(NC(=O)C3CCCC3)c2)cc1OC. The van der Waals surface area contributed by atoms with Gasteiger partial charge in [-0.1, -0.05) is 31.0 Å². The molecule has 1 aliphatic carbocycles. The van der Waals surface area contributed by atoms with E-state index < -0.39 is 0 Å². The summed E-state index contributed by atoms with van der Waals surface area (Å²) in [5.41, 5.74) is 2.56. The van der Waals surface area contributed by atoms with Crippen LogP contribution in [-0.2, 0) is 22.6 Å². The average molecular weight is 396 g/mol. The molecule has 6 heteroatoms. The van der Waals surface area contributed by atoms with Crippen LogP contribution in [-0.4, -0.2) is 26.0 Å².